The van der Waals surface area contributed by atoms with Gasteiger partial charge < -0.3 is 4.74 Å². The van der Waals surface area contributed by atoms with Crippen molar-refractivity contribution in [3.8, 4) is 0 Å². The van der Waals surface area contributed by atoms with Gasteiger partial charge in [0.25, 0.3) is 0 Å². The quantitative estimate of drug-likeness (QED) is 0.320. The van der Waals surface area contributed by atoms with Gasteiger partial charge in [-0.2, -0.15) is 13.2 Å². The lowest BCUT2D eigenvalue weighted by molar-refractivity contribution is -0.226. The van der Waals surface area contributed by atoms with Crippen LogP contribution in [0.3, 0.4) is 0 Å². The number of esters is 1. The third-order valence-electron chi connectivity index (χ3n) is 2.03. The Labute approximate surface area is 91.1 Å². The van der Waals surface area contributed by atoms with Gasteiger partial charge >= 0.3 is 17.8 Å². The fourth-order valence-corrected chi connectivity index (χ4v) is 1.52. The van der Waals surface area contributed by atoms with E-state index in [2.05, 4.69) is 4.74 Å². The molecule has 1 heterocycles. The number of hydrogen-bond donors (Lipinski definition) is 0. The van der Waals surface area contributed by atoms with Gasteiger partial charge in [-0.3, -0.25) is 0 Å². The SMILES string of the molecule is CC(I)[C@H]1C[C@](F)(C(F)(F)F)C(=O)O1. The predicted molar refractivity (Wildman–Crippen MR) is 47.9 cm³/mol. The molecule has 1 aliphatic heterocycles. The fraction of sp³-hybridized carbons (Fsp3) is 0.857. The van der Waals surface area contributed by atoms with Crippen LogP contribution in [0.1, 0.15) is 13.3 Å². The van der Waals surface area contributed by atoms with E-state index in [-0.39, 0.29) is 3.92 Å². The van der Waals surface area contributed by atoms with E-state index < -0.39 is 30.3 Å². The van der Waals surface area contributed by atoms with Gasteiger partial charge in [0.05, 0.1) is 0 Å². The lowest BCUT2D eigenvalue weighted by Crippen LogP contribution is -2.45. The second-order valence-corrected chi connectivity index (χ2v) is 5.09. The molecular weight excluding hydrogens is 319 g/mol. The average Bonchev–Trinajstić information content (AvgIpc) is 2.28. The summed E-state index contributed by atoms with van der Waals surface area (Å²) in [4.78, 5) is 10.7. The number of rotatable bonds is 1. The van der Waals surface area contributed by atoms with Crippen LogP contribution in [-0.4, -0.2) is 27.8 Å². The highest BCUT2D eigenvalue weighted by Crippen LogP contribution is 2.44. The van der Waals surface area contributed by atoms with Crippen LogP contribution in [0, 0.1) is 0 Å². The van der Waals surface area contributed by atoms with E-state index >= 15 is 0 Å². The van der Waals surface area contributed by atoms with Crippen LogP contribution in [0.15, 0.2) is 0 Å². The van der Waals surface area contributed by atoms with Crippen LogP contribution in [0.4, 0.5) is 17.6 Å². The molecule has 0 bridgehead atoms. The van der Waals surface area contributed by atoms with Crippen molar-refractivity contribution in [2.24, 2.45) is 0 Å². The van der Waals surface area contributed by atoms with Crippen LogP contribution >= 0.6 is 22.6 Å². The molecule has 1 unspecified atom stereocenters. The Morgan fingerprint density at radius 3 is 2.36 bits per heavy atom. The third kappa shape index (κ3) is 1.82. The molecule has 1 saturated heterocycles. The Morgan fingerprint density at radius 1 is 1.64 bits per heavy atom. The number of carbonyl (C=O) groups is 1. The van der Waals surface area contributed by atoms with E-state index in [4.69, 9.17) is 0 Å². The largest absolute Gasteiger partial charge is 0.458 e. The first-order valence-corrected chi connectivity index (χ1v) is 5.04. The number of halogens is 5. The van der Waals surface area contributed by atoms with E-state index in [0.717, 1.165) is 0 Å². The van der Waals surface area contributed by atoms with Crippen molar-refractivity contribution < 1.29 is 27.1 Å². The Morgan fingerprint density at radius 2 is 2.14 bits per heavy atom. The average molecular weight is 326 g/mol. The molecule has 0 aliphatic carbocycles. The molecule has 0 N–H and O–H groups in total. The van der Waals surface area contributed by atoms with Gasteiger partial charge in [0.2, 0.25) is 0 Å². The number of alkyl halides is 5. The van der Waals surface area contributed by atoms with E-state index in [1.807, 2.05) is 0 Å². The minimum absolute atomic E-state index is 0.350. The van der Waals surface area contributed by atoms with E-state index in [1.165, 1.54) is 0 Å². The van der Waals surface area contributed by atoms with Crippen molar-refractivity contribution in [3.63, 3.8) is 0 Å². The third-order valence-corrected chi connectivity index (χ3v) is 2.83. The first-order chi connectivity index (χ1) is 6.18. The maximum atomic E-state index is 13.2. The lowest BCUT2D eigenvalue weighted by Gasteiger charge is -2.18. The summed E-state index contributed by atoms with van der Waals surface area (Å²) in [6.45, 7) is 1.56. The van der Waals surface area contributed by atoms with Gasteiger partial charge in [-0.05, 0) is 6.92 Å². The Kier molecular flexibility index (Phi) is 2.99. The molecule has 0 saturated carbocycles. The van der Waals surface area contributed by atoms with Crippen LogP contribution in [0.2, 0.25) is 0 Å². The zero-order valence-corrected chi connectivity index (χ0v) is 9.23. The molecule has 1 fully saturated rings. The standard InChI is InChI=1S/C7H7F4IO2/c1-3(12)4-2-6(8,5(13)14-4)7(9,10)11/h3-4H,2H2,1H3/t3?,4-,6-/m1/s1. The molecule has 0 aromatic heterocycles. The molecule has 0 aromatic carbocycles. The Hall–Kier alpha value is -0.0800. The lowest BCUT2D eigenvalue weighted by atomic mass is 10.00. The summed E-state index contributed by atoms with van der Waals surface area (Å²) in [5, 5.41) is 0. The Bertz CT molecular complexity index is 253. The normalized spacial score (nSPS) is 35.6. The van der Waals surface area contributed by atoms with Crippen LogP contribution in [-0.2, 0) is 9.53 Å². The van der Waals surface area contributed by atoms with Crippen LogP contribution < -0.4 is 0 Å². The first kappa shape index (κ1) is 12.0. The van der Waals surface area contributed by atoms with Crippen LogP contribution in [0.25, 0.3) is 0 Å². The molecule has 0 aromatic rings. The molecule has 82 valence electrons. The molecule has 0 radical (unpaired) electrons. The highest BCUT2D eigenvalue weighted by atomic mass is 127. The van der Waals surface area contributed by atoms with Gasteiger partial charge in [-0.25, -0.2) is 9.18 Å². The smallest absolute Gasteiger partial charge is 0.433 e. The monoisotopic (exact) mass is 326 g/mol. The van der Waals surface area contributed by atoms with Gasteiger partial charge in [0.1, 0.15) is 6.10 Å². The van der Waals surface area contributed by atoms with Crippen molar-refractivity contribution in [2.45, 2.75) is 35.2 Å². The summed E-state index contributed by atoms with van der Waals surface area (Å²) in [5.74, 6) is -1.82. The molecule has 1 aliphatic rings. The van der Waals surface area contributed by atoms with E-state index in [0.29, 0.717) is 0 Å². The molecule has 2 nitrogen and oxygen atoms in total. The van der Waals surface area contributed by atoms with Gasteiger partial charge in [0.15, 0.2) is 0 Å². The maximum Gasteiger partial charge on any atom is 0.433 e. The van der Waals surface area contributed by atoms with Crippen molar-refractivity contribution in [1.82, 2.24) is 0 Å². The predicted octanol–water partition coefficient (Wildman–Crippen LogP) is 2.40. The second kappa shape index (κ2) is 3.49. The van der Waals surface area contributed by atoms with E-state index in [1.54, 1.807) is 29.5 Å². The highest BCUT2D eigenvalue weighted by Gasteiger charge is 2.68. The summed E-state index contributed by atoms with van der Waals surface area (Å²) in [6.07, 6.45) is -7.14. The topological polar surface area (TPSA) is 26.3 Å². The fourth-order valence-electron chi connectivity index (χ4n) is 1.12. The van der Waals surface area contributed by atoms with Crippen molar-refractivity contribution >= 4 is 28.6 Å². The van der Waals surface area contributed by atoms with Gasteiger partial charge in [-0.15, -0.1) is 0 Å². The molecule has 0 spiro atoms. The number of carbonyl (C=O) groups excluding carboxylic acids is 1. The van der Waals surface area contributed by atoms with Crippen molar-refractivity contribution in [2.75, 3.05) is 0 Å². The minimum Gasteiger partial charge on any atom is -0.458 e. The molecular formula is C7H7F4IO2. The zero-order valence-electron chi connectivity index (χ0n) is 7.07. The summed E-state index contributed by atoms with van der Waals surface area (Å²) >= 11 is 1.79. The summed E-state index contributed by atoms with van der Waals surface area (Å²) in [7, 11) is 0. The number of ether oxygens (including phenoxy) is 1. The maximum absolute atomic E-state index is 13.2. The van der Waals surface area contributed by atoms with E-state index in [9.17, 15) is 22.4 Å². The van der Waals surface area contributed by atoms with Crippen molar-refractivity contribution in [1.29, 1.82) is 0 Å². The molecule has 3 atom stereocenters. The molecule has 1 rings (SSSR count). The van der Waals surface area contributed by atoms with Crippen LogP contribution in [0.5, 0.6) is 0 Å². The first-order valence-electron chi connectivity index (χ1n) is 3.79. The van der Waals surface area contributed by atoms with Gasteiger partial charge in [0, 0.05) is 10.3 Å². The second-order valence-electron chi connectivity index (χ2n) is 3.12. The molecule has 0 amide bonds. The molecule has 7 heteroatoms. The summed E-state index contributed by atoms with van der Waals surface area (Å²) in [5.41, 5.74) is -3.82. The minimum atomic E-state index is -5.19. The highest BCUT2D eigenvalue weighted by molar-refractivity contribution is 14.1. The number of cyclic esters (lactones) is 1. The summed E-state index contributed by atoms with van der Waals surface area (Å²) in [6, 6.07) is 0. The number of hydrogen-bond acceptors (Lipinski definition) is 2. The summed E-state index contributed by atoms with van der Waals surface area (Å²) < 4.78 is 53.7. The van der Waals surface area contributed by atoms with Crippen molar-refractivity contribution in [3.05, 3.63) is 0 Å². The zero-order chi connectivity index (χ0) is 11.1. The molecule has 14 heavy (non-hydrogen) atoms. The Balaban J connectivity index is 2.89. The van der Waals surface area contributed by atoms with Gasteiger partial charge in [-0.1, -0.05) is 22.6 Å².